The Morgan fingerprint density at radius 3 is 2.15 bits per heavy atom. The standard InChI is InChI=1S/C19H18Br2O5/c1-11(2)7-8-25-16-5-3-13(21)10-15(16)19(24)26-17-6-4-12(20)9-14(17)18(22)23/h3-6,9-11H,7-8H2,1-2H3,(H,22,23). The van der Waals surface area contributed by atoms with Gasteiger partial charge in [0.1, 0.15) is 22.6 Å². The zero-order valence-electron chi connectivity index (χ0n) is 14.3. The van der Waals surface area contributed by atoms with Gasteiger partial charge in [-0.15, -0.1) is 0 Å². The van der Waals surface area contributed by atoms with Crippen molar-refractivity contribution < 1.29 is 24.2 Å². The Balaban J connectivity index is 2.27. The van der Waals surface area contributed by atoms with E-state index >= 15 is 0 Å². The van der Waals surface area contributed by atoms with Crippen molar-refractivity contribution in [3.8, 4) is 11.5 Å². The monoisotopic (exact) mass is 484 g/mol. The highest BCUT2D eigenvalue weighted by Crippen LogP contribution is 2.28. The first-order valence-corrected chi connectivity index (χ1v) is 9.54. The summed E-state index contributed by atoms with van der Waals surface area (Å²) in [4.78, 5) is 24.0. The van der Waals surface area contributed by atoms with Crippen molar-refractivity contribution in [2.24, 2.45) is 5.92 Å². The molecule has 0 fully saturated rings. The number of halogens is 2. The molecule has 2 aromatic carbocycles. The summed E-state index contributed by atoms with van der Waals surface area (Å²) < 4.78 is 12.3. The Morgan fingerprint density at radius 2 is 1.58 bits per heavy atom. The molecule has 2 rings (SSSR count). The van der Waals surface area contributed by atoms with E-state index in [4.69, 9.17) is 9.47 Å². The molecule has 7 heteroatoms. The zero-order chi connectivity index (χ0) is 19.3. The summed E-state index contributed by atoms with van der Waals surface area (Å²) in [6.07, 6.45) is 0.848. The second-order valence-corrected chi connectivity index (χ2v) is 7.84. The average molecular weight is 486 g/mol. The van der Waals surface area contributed by atoms with Crippen LogP contribution in [0.25, 0.3) is 0 Å². The molecule has 1 N–H and O–H groups in total. The maximum absolute atomic E-state index is 12.6. The Morgan fingerprint density at radius 1 is 1.00 bits per heavy atom. The van der Waals surface area contributed by atoms with Crippen LogP contribution < -0.4 is 9.47 Å². The first-order valence-electron chi connectivity index (χ1n) is 7.95. The van der Waals surface area contributed by atoms with E-state index in [1.165, 1.54) is 12.1 Å². The zero-order valence-corrected chi connectivity index (χ0v) is 17.5. The van der Waals surface area contributed by atoms with E-state index in [0.29, 0.717) is 27.2 Å². The highest BCUT2D eigenvalue weighted by Gasteiger charge is 2.20. The summed E-state index contributed by atoms with van der Waals surface area (Å²) in [5, 5.41) is 9.30. The molecule has 0 radical (unpaired) electrons. The summed E-state index contributed by atoms with van der Waals surface area (Å²) in [7, 11) is 0. The number of esters is 1. The van der Waals surface area contributed by atoms with Crippen LogP contribution in [0.5, 0.6) is 11.5 Å². The quantitative estimate of drug-likeness (QED) is 0.411. The van der Waals surface area contributed by atoms with Gasteiger partial charge in [-0.1, -0.05) is 45.7 Å². The third kappa shape index (κ3) is 5.57. The average Bonchev–Trinajstić information content (AvgIpc) is 2.57. The fourth-order valence-corrected chi connectivity index (χ4v) is 2.83. The Labute approximate surface area is 168 Å². The topological polar surface area (TPSA) is 72.8 Å². The van der Waals surface area contributed by atoms with Gasteiger partial charge in [-0.3, -0.25) is 0 Å². The summed E-state index contributed by atoms with van der Waals surface area (Å²) >= 11 is 6.53. The van der Waals surface area contributed by atoms with Crippen LogP contribution in [0.2, 0.25) is 0 Å². The van der Waals surface area contributed by atoms with Gasteiger partial charge in [-0.05, 0) is 48.7 Å². The van der Waals surface area contributed by atoms with Crippen molar-refractivity contribution in [3.63, 3.8) is 0 Å². The summed E-state index contributed by atoms with van der Waals surface area (Å²) in [6, 6.07) is 9.46. The lowest BCUT2D eigenvalue weighted by Crippen LogP contribution is -2.14. The van der Waals surface area contributed by atoms with E-state index in [0.717, 1.165) is 6.42 Å². The number of carbonyl (C=O) groups is 2. The van der Waals surface area contributed by atoms with Crippen LogP contribution in [0.1, 0.15) is 41.0 Å². The van der Waals surface area contributed by atoms with E-state index < -0.39 is 11.9 Å². The van der Waals surface area contributed by atoms with Gasteiger partial charge in [0.15, 0.2) is 0 Å². The van der Waals surface area contributed by atoms with Crippen LogP contribution in [-0.4, -0.2) is 23.7 Å². The minimum atomic E-state index is -1.18. The van der Waals surface area contributed by atoms with E-state index in [1.807, 2.05) is 0 Å². The van der Waals surface area contributed by atoms with Gasteiger partial charge in [0.2, 0.25) is 0 Å². The van der Waals surface area contributed by atoms with Crippen LogP contribution in [0.4, 0.5) is 0 Å². The third-order valence-corrected chi connectivity index (χ3v) is 4.48. The van der Waals surface area contributed by atoms with E-state index in [-0.39, 0.29) is 16.9 Å². The molecule has 0 saturated heterocycles. The number of hydrogen-bond donors (Lipinski definition) is 1. The van der Waals surface area contributed by atoms with Crippen LogP contribution >= 0.6 is 31.9 Å². The van der Waals surface area contributed by atoms with Crippen molar-refractivity contribution in [3.05, 3.63) is 56.5 Å². The van der Waals surface area contributed by atoms with Gasteiger partial charge in [-0.25, -0.2) is 9.59 Å². The molecule has 0 bridgehead atoms. The molecule has 0 aliphatic carbocycles. The molecule has 138 valence electrons. The highest BCUT2D eigenvalue weighted by atomic mass is 79.9. The number of rotatable bonds is 7. The number of carboxylic acids is 1. The molecule has 0 unspecified atom stereocenters. The van der Waals surface area contributed by atoms with Crippen LogP contribution in [0, 0.1) is 5.92 Å². The summed E-state index contributed by atoms with van der Waals surface area (Å²) in [6.45, 7) is 4.64. The lowest BCUT2D eigenvalue weighted by Gasteiger charge is -2.13. The Hall–Kier alpha value is -1.86. The molecule has 0 heterocycles. The van der Waals surface area contributed by atoms with Crippen LogP contribution in [0.3, 0.4) is 0 Å². The van der Waals surface area contributed by atoms with Gasteiger partial charge in [-0.2, -0.15) is 0 Å². The van der Waals surface area contributed by atoms with Crippen molar-refractivity contribution in [1.29, 1.82) is 0 Å². The summed E-state index contributed by atoms with van der Waals surface area (Å²) in [5.74, 6) is -1.03. The van der Waals surface area contributed by atoms with Crippen molar-refractivity contribution in [2.75, 3.05) is 6.61 Å². The third-order valence-electron chi connectivity index (χ3n) is 3.49. The lowest BCUT2D eigenvalue weighted by molar-refractivity contribution is 0.0680. The number of ether oxygens (including phenoxy) is 2. The second-order valence-electron chi connectivity index (χ2n) is 6.01. The largest absolute Gasteiger partial charge is 0.493 e. The molecule has 2 aromatic rings. The minimum absolute atomic E-state index is 0.0289. The highest BCUT2D eigenvalue weighted by molar-refractivity contribution is 9.10. The van der Waals surface area contributed by atoms with Gasteiger partial charge in [0, 0.05) is 8.95 Å². The Bertz CT molecular complexity index is 818. The number of benzene rings is 2. The predicted molar refractivity (Wildman–Crippen MR) is 105 cm³/mol. The molecule has 0 spiro atoms. The fourth-order valence-electron chi connectivity index (χ4n) is 2.11. The first-order chi connectivity index (χ1) is 12.3. The number of aromatic carboxylic acids is 1. The first kappa shape index (κ1) is 20.5. The normalized spacial score (nSPS) is 10.7. The number of carbonyl (C=O) groups excluding carboxylic acids is 1. The number of carboxylic acid groups (broad SMARTS) is 1. The van der Waals surface area contributed by atoms with Crippen LogP contribution in [-0.2, 0) is 0 Å². The summed E-state index contributed by atoms with van der Waals surface area (Å²) in [5.41, 5.74) is 0.118. The molecule has 0 aliphatic heterocycles. The minimum Gasteiger partial charge on any atom is -0.493 e. The fraction of sp³-hybridized carbons (Fsp3) is 0.263. The second kappa shape index (κ2) is 9.19. The molecular formula is C19H18Br2O5. The molecule has 0 amide bonds. The van der Waals surface area contributed by atoms with Crippen molar-refractivity contribution in [2.45, 2.75) is 20.3 Å². The van der Waals surface area contributed by atoms with Gasteiger partial charge in [0.05, 0.1) is 6.61 Å². The Kier molecular flexibility index (Phi) is 7.23. The van der Waals surface area contributed by atoms with E-state index in [9.17, 15) is 14.7 Å². The maximum atomic E-state index is 12.6. The van der Waals surface area contributed by atoms with E-state index in [1.54, 1.807) is 24.3 Å². The molecule has 5 nitrogen and oxygen atoms in total. The van der Waals surface area contributed by atoms with Crippen molar-refractivity contribution in [1.82, 2.24) is 0 Å². The lowest BCUT2D eigenvalue weighted by atomic mass is 10.1. The SMILES string of the molecule is CC(C)CCOc1ccc(Br)cc1C(=O)Oc1ccc(Br)cc1C(=O)O. The molecule has 0 saturated carbocycles. The molecule has 26 heavy (non-hydrogen) atoms. The molecule has 0 aromatic heterocycles. The number of hydrogen-bond acceptors (Lipinski definition) is 4. The van der Waals surface area contributed by atoms with Gasteiger partial charge < -0.3 is 14.6 Å². The maximum Gasteiger partial charge on any atom is 0.347 e. The predicted octanol–water partition coefficient (Wildman–Crippen LogP) is 5.55. The van der Waals surface area contributed by atoms with Crippen LogP contribution in [0.15, 0.2) is 45.3 Å². The van der Waals surface area contributed by atoms with Crippen molar-refractivity contribution >= 4 is 43.8 Å². The molecule has 0 aliphatic rings. The molecular weight excluding hydrogens is 468 g/mol. The molecule has 0 atom stereocenters. The van der Waals surface area contributed by atoms with Gasteiger partial charge in [0.25, 0.3) is 0 Å². The van der Waals surface area contributed by atoms with Gasteiger partial charge >= 0.3 is 11.9 Å². The van der Waals surface area contributed by atoms with E-state index in [2.05, 4.69) is 45.7 Å². The smallest absolute Gasteiger partial charge is 0.347 e.